The number of carbonyl (C=O) groups excluding carboxylic acids is 1. The third-order valence-corrected chi connectivity index (χ3v) is 3.19. The van der Waals surface area contributed by atoms with Crippen molar-refractivity contribution in [1.29, 1.82) is 0 Å². The summed E-state index contributed by atoms with van der Waals surface area (Å²) in [6, 6.07) is 8.92. The van der Waals surface area contributed by atoms with Gasteiger partial charge in [-0.2, -0.15) is 0 Å². The van der Waals surface area contributed by atoms with Crippen LogP contribution in [0.2, 0.25) is 5.02 Å². The van der Waals surface area contributed by atoms with Crippen molar-refractivity contribution in [2.75, 3.05) is 13.7 Å². The lowest BCUT2D eigenvalue weighted by Crippen LogP contribution is -2.04. The minimum absolute atomic E-state index is 0.0302. The average Bonchev–Trinajstić information content (AvgIpc) is 2.51. The fraction of sp³-hybridized carbons (Fsp3) is 0.125. The largest absolute Gasteiger partial charge is 0.507 e. The van der Waals surface area contributed by atoms with E-state index in [2.05, 4.69) is 4.99 Å². The Hall–Kier alpha value is -2.53. The minimum atomic E-state index is -0.376. The highest BCUT2D eigenvalue weighted by molar-refractivity contribution is 6.31. The number of phenols is 2. The van der Waals surface area contributed by atoms with Gasteiger partial charge in [-0.15, -0.1) is 0 Å². The van der Waals surface area contributed by atoms with E-state index >= 15 is 0 Å². The molecular weight excluding hydrogens is 306 g/mol. The molecular formula is C16H14ClNO4. The zero-order valence-electron chi connectivity index (χ0n) is 11.8. The Morgan fingerprint density at radius 3 is 2.68 bits per heavy atom. The van der Waals surface area contributed by atoms with Gasteiger partial charge in [-0.25, -0.2) is 0 Å². The van der Waals surface area contributed by atoms with Gasteiger partial charge in [0.2, 0.25) is 0 Å². The van der Waals surface area contributed by atoms with Gasteiger partial charge in [0, 0.05) is 16.8 Å². The molecule has 0 amide bonds. The maximum Gasteiger partial charge on any atom is 0.187 e. The second-order valence-electron chi connectivity index (χ2n) is 4.48. The maximum absolute atomic E-state index is 12.0. The molecule has 2 aromatic rings. The van der Waals surface area contributed by atoms with Crippen LogP contribution in [0.1, 0.15) is 15.9 Å². The van der Waals surface area contributed by atoms with E-state index in [1.807, 2.05) is 0 Å². The van der Waals surface area contributed by atoms with E-state index in [1.54, 1.807) is 12.1 Å². The molecule has 0 spiro atoms. The Bertz CT molecular complexity index is 728. The van der Waals surface area contributed by atoms with Gasteiger partial charge >= 0.3 is 0 Å². The number of aliphatic imine (C=N–C) groups is 1. The fourth-order valence-corrected chi connectivity index (χ4v) is 1.98. The highest BCUT2D eigenvalue weighted by Gasteiger charge is 2.11. The van der Waals surface area contributed by atoms with E-state index in [1.165, 1.54) is 37.6 Å². The van der Waals surface area contributed by atoms with E-state index in [0.29, 0.717) is 16.3 Å². The smallest absolute Gasteiger partial charge is 0.187 e. The van der Waals surface area contributed by atoms with Gasteiger partial charge in [0.1, 0.15) is 23.8 Å². The number of rotatable bonds is 5. The lowest BCUT2D eigenvalue weighted by Gasteiger charge is -2.04. The average molecular weight is 320 g/mol. The molecule has 5 nitrogen and oxygen atoms in total. The number of hydrogen-bond donors (Lipinski definition) is 2. The summed E-state index contributed by atoms with van der Waals surface area (Å²) in [4.78, 5) is 16.0. The molecule has 2 N–H and O–H groups in total. The van der Waals surface area contributed by atoms with Gasteiger partial charge in [0.25, 0.3) is 0 Å². The first-order valence-corrected chi connectivity index (χ1v) is 6.77. The normalized spacial score (nSPS) is 10.8. The summed E-state index contributed by atoms with van der Waals surface area (Å²) in [5.74, 6) is 0.0770. The van der Waals surface area contributed by atoms with Crippen LogP contribution in [-0.2, 0) is 0 Å². The Morgan fingerprint density at radius 1 is 1.23 bits per heavy atom. The molecule has 2 rings (SSSR count). The second kappa shape index (κ2) is 6.95. The summed E-state index contributed by atoms with van der Waals surface area (Å²) < 4.78 is 5.05. The van der Waals surface area contributed by atoms with Crippen LogP contribution < -0.4 is 4.74 Å². The van der Waals surface area contributed by atoms with E-state index in [-0.39, 0.29) is 29.4 Å². The van der Waals surface area contributed by atoms with Gasteiger partial charge in [0.15, 0.2) is 5.78 Å². The van der Waals surface area contributed by atoms with Gasteiger partial charge in [-0.1, -0.05) is 11.6 Å². The summed E-state index contributed by atoms with van der Waals surface area (Å²) in [7, 11) is 1.51. The lowest BCUT2D eigenvalue weighted by molar-refractivity contribution is 0.0999. The number of ether oxygens (including phenoxy) is 1. The molecule has 0 aliphatic carbocycles. The van der Waals surface area contributed by atoms with Crippen molar-refractivity contribution in [1.82, 2.24) is 0 Å². The standard InChI is InChI=1S/C16H14ClNO4/c1-22-12-3-5-14(19)10(6-12)8-18-9-16(21)13-7-11(17)2-4-15(13)20/h2-8,19-20H,9H2,1H3. The van der Waals surface area contributed by atoms with E-state index in [4.69, 9.17) is 16.3 Å². The van der Waals surface area contributed by atoms with E-state index in [0.717, 1.165) is 0 Å². The molecule has 0 unspecified atom stereocenters. The van der Waals surface area contributed by atoms with Gasteiger partial charge in [0.05, 0.1) is 12.7 Å². The maximum atomic E-state index is 12.0. The molecule has 0 heterocycles. The number of Topliss-reactive ketones (excluding diaryl/α,β-unsaturated/α-hetero) is 1. The third-order valence-electron chi connectivity index (χ3n) is 2.96. The number of aromatic hydroxyl groups is 2. The van der Waals surface area contributed by atoms with Crippen LogP contribution in [0.4, 0.5) is 0 Å². The molecule has 0 atom stereocenters. The van der Waals surface area contributed by atoms with Crippen LogP contribution in [0, 0.1) is 0 Å². The van der Waals surface area contributed by atoms with E-state index < -0.39 is 0 Å². The van der Waals surface area contributed by atoms with Crippen molar-refractivity contribution < 1.29 is 19.7 Å². The van der Waals surface area contributed by atoms with Crippen LogP contribution in [-0.4, -0.2) is 35.9 Å². The molecule has 114 valence electrons. The number of benzene rings is 2. The Labute approximate surface area is 132 Å². The predicted octanol–water partition coefficient (Wildman–Crippen LogP) is 3.06. The van der Waals surface area contributed by atoms with Crippen molar-refractivity contribution >= 4 is 23.6 Å². The number of carbonyl (C=O) groups is 1. The molecule has 2 aromatic carbocycles. The highest BCUT2D eigenvalue weighted by Crippen LogP contribution is 2.23. The Kier molecular flexibility index (Phi) is 5.01. The second-order valence-corrected chi connectivity index (χ2v) is 4.92. The van der Waals surface area contributed by atoms with Crippen molar-refractivity contribution in [3.8, 4) is 17.2 Å². The first-order valence-electron chi connectivity index (χ1n) is 6.40. The summed E-state index contributed by atoms with van der Waals surface area (Å²) in [5.41, 5.74) is 0.544. The van der Waals surface area contributed by atoms with Gasteiger partial charge < -0.3 is 14.9 Å². The van der Waals surface area contributed by atoms with Crippen molar-refractivity contribution in [2.24, 2.45) is 4.99 Å². The van der Waals surface area contributed by atoms with Gasteiger partial charge in [-0.3, -0.25) is 9.79 Å². The molecule has 0 fully saturated rings. The highest BCUT2D eigenvalue weighted by atomic mass is 35.5. The first-order chi connectivity index (χ1) is 10.5. The van der Waals surface area contributed by atoms with Crippen LogP contribution in [0.5, 0.6) is 17.2 Å². The molecule has 0 bridgehead atoms. The first kappa shape index (κ1) is 15.9. The number of methoxy groups -OCH3 is 1. The molecule has 0 aliphatic rings. The van der Waals surface area contributed by atoms with Crippen molar-refractivity contribution in [2.45, 2.75) is 0 Å². The number of phenolic OH excluding ortho intramolecular Hbond substituents is 2. The van der Waals surface area contributed by atoms with Crippen molar-refractivity contribution in [3.05, 3.63) is 52.5 Å². The Balaban J connectivity index is 2.12. The van der Waals surface area contributed by atoms with Crippen LogP contribution in [0.25, 0.3) is 0 Å². The van der Waals surface area contributed by atoms with Crippen molar-refractivity contribution in [3.63, 3.8) is 0 Å². The summed E-state index contributed by atoms with van der Waals surface area (Å²) >= 11 is 5.80. The molecule has 0 saturated carbocycles. The number of nitrogens with zero attached hydrogens (tertiary/aromatic N) is 1. The quantitative estimate of drug-likeness (QED) is 0.655. The zero-order valence-corrected chi connectivity index (χ0v) is 12.5. The fourth-order valence-electron chi connectivity index (χ4n) is 1.81. The Morgan fingerprint density at radius 2 is 1.95 bits per heavy atom. The molecule has 6 heteroatoms. The molecule has 0 aliphatic heterocycles. The lowest BCUT2D eigenvalue weighted by atomic mass is 10.1. The molecule has 0 aromatic heterocycles. The van der Waals surface area contributed by atoms with E-state index in [9.17, 15) is 15.0 Å². The SMILES string of the molecule is COc1ccc(O)c(C=NCC(=O)c2cc(Cl)ccc2O)c1. The summed E-state index contributed by atoms with van der Waals surface area (Å²) in [5, 5.41) is 19.7. The molecule has 22 heavy (non-hydrogen) atoms. The van der Waals surface area contributed by atoms with Crippen LogP contribution >= 0.6 is 11.6 Å². The van der Waals surface area contributed by atoms with Crippen LogP contribution in [0.15, 0.2) is 41.4 Å². The molecule has 0 saturated heterocycles. The van der Waals surface area contributed by atoms with Gasteiger partial charge in [-0.05, 0) is 36.4 Å². The molecule has 0 radical (unpaired) electrons. The summed E-state index contributed by atoms with van der Waals surface area (Å²) in [6.07, 6.45) is 1.37. The zero-order chi connectivity index (χ0) is 16.1. The summed E-state index contributed by atoms with van der Waals surface area (Å²) in [6.45, 7) is -0.176. The monoisotopic (exact) mass is 319 g/mol. The number of hydrogen-bond acceptors (Lipinski definition) is 5. The third kappa shape index (κ3) is 3.77. The number of halogens is 1. The topological polar surface area (TPSA) is 79.1 Å². The number of ketones is 1. The van der Waals surface area contributed by atoms with Crippen LogP contribution in [0.3, 0.4) is 0 Å². The predicted molar refractivity (Wildman–Crippen MR) is 84.6 cm³/mol. The minimum Gasteiger partial charge on any atom is -0.507 e.